The van der Waals surface area contributed by atoms with E-state index in [1.54, 1.807) is 12.3 Å². The molecule has 0 spiro atoms. The number of nitrogens with one attached hydrogen (secondary N) is 2. The molecule has 0 radical (unpaired) electrons. The number of nitrogens with zero attached hydrogens (tertiary/aromatic N) is 4. The molecule has 9 heteroatoms. The summed E-state index contributed by atoms with van der Waals surface area (Å²) in [5, 5.41) is 7.06. The fourth-order valence-electron chi connectivity index (χ4n) is 4.99. The summed E-state index contributed by atoms with van der Waals surface area (Å²) in [6, 6.07) is 18.6. The van der Waals surface area contributed by atoms with Crippen molar-refractivity contribution >= 4 is 28.4 Å². The van der Waals surface area contributed by atoms with Crippen molar-refractivity contribution in [3.8, 4) is 16.8 Å². The van der Waals surface area contributed by atoms with E-state index in [9.17, 15) is 9.59 Å². The zero-order chi connectivity index (χ0) is 26.2. The van der Waals surface area contributed by atoms with E-state index in [0.29, 0.717) is 23.2 Å². The van der Waals surface area contributed by atoms with Crippen LogP contribution in [0.25, 0.3) is 27.8 Å². The Morgan fingerprint density at radius 2 is 1.87 bits per heavy atom. The minimum absolute atomic E-state index is 0.0651. The molecule has 0 bridgehead atoms. The molecule has 1 atom stereocenters. The van der Waals surface area contributed by atoms with E-state index >= 15 is 0 Å². The van der Waals surface area contributed by atoms with Crippen molar-refractivity contribution in [1.82, 2.24) is 24.4 Å². The minimum atomic E-state index is -0.466. The molecule has 1 amide bonds. The maximum atomic E-state index is 13.1. The predicted molar refractivity (Wildman–Crippen MR) is 149 cm³/mol. The van der Waals surface area contributed by atoms with Crippen molar-refractivity contribution in [2.75, 3.05) is 24.1 Å². The monoisotopic (exact) mass is 505 g/mol. The second kappa shape index (κ2) is 9.60. The van der Waals surface area contributed by atoms with Gasteiger partial charge in [0.1, 0.15) is 23.4 Å². The number of aryl methyl sites for hydroxylation is 1. The number of carbonyl (C=O) groups excluding carboxylic acids is 1. The Balaban J connectivity index is 1.28. The number of nitrogens with two attached hydrogens (primary N) is 1. The van der Waals surface area contributed by atoms with Crippen LogP contribution < -0.4 is 21.9 Å². The van der Waals surface area contributed by atoms with E-state index in [1.165, 1.54) is 17.0 Å². The third-order valence-corrected chi connectivity index (χ3v) is 7.02. The van der Waals surface area contributed by atoms with Crippen LogP contribution >= 0.6 is 0 Å². The number of anilines is 2. The Morgan fingerprint density at radius 3 is 2.61 bits per heavy atom. The van der Waals surface area contributed by atoms with Gasteiger partial charge in [-0.2, -0.15) is 0 Å². The number of hydrogen-bond donors (Lipinski definition) is 3. The molecule has 3 aromatic heterocycles. The Morgan fingerprint density at radius 1 is 1.08 bits per heavy atom. The summed E-state index contributed by atoms with van der Waals surface area (Å²) in [5.74, 6) is -0.0341. The first kappa shape index (κ1) is 23.6. The van der Waals surface area contributed by atoms with Crippen LogP contribution in [0.2, 0.25) is 0 Å². The van der Waals surface area contributed by atoms with E-state index in [4.69, 9.17) is 5.73 Å². The Labute approximate surface area is 219 Å². The lowest BCUT2D eigenvalue weighted by molar-refractivity contribution is 0.102. The number of rotatable bonds is 5. The van der Waals surface area contributed by atoms with Crippen LogP contribution in [0.5, 0.6) is 0 Å². The van der Waals surface area contributed by atoms with Gasteiger partial charge in [0.2, 0.25) is 0 Å². The van der Waals surface area contributed by atoms with Crippen LogP contribution in [0.4, 0.5) is 11.5 Å². The topological polar surface area (TPSA) is 120 Å². The van der Waals surface area contributed by atoms with Crippen molar-refractivity contribution in [1.29, 1.82) is 0 Å². The van der Waals surface area contributed by atoms with Gasteiger partial charge in [-0.3, -0.25) is 14.2 Å². The van der Waals surface area contributed by atoms with Gasteiger partial charge in [0.05, 0.1) is 5.39 Å². The molecular formula is C29H27N7O2. The molecule has 1 fully saturated rings. The lowest BCUT2D eigenvalue weighted by Gasteiger charge is -2.11. The lowest BCUT2D eigenvalue weighted by atomic mass is 10.1. The molecule has 9 nitrogen and oxygen atoms in total. The number of nitrogen functional groups attached to an aromatic ring is 1. The molecule has 38 heavy (non-hydrogen) atoms. The summed E-state index contributed by atoms with van der Waals surface area (Å²) in [6.45, 7) is 3.82. The molecule has 4 N–H and O–H groups in total. The average Bonchev–Trinajstić information content (AvgIpc) is 3.59. The summed E-state index contributed by atoms with van der Waals surface area (Å²) < 4.78 is 3.65. The molecule has 6 rings (SSSR count). The number of fused-ring (bicyclic) bond motifs is 1. The molecule has 0 aliphatic carbocycles. The van der Waals surface area contributed by atoms with Crippen LogP contribution in [0.15, 0.2) is 84.2 Å². The molecule has 4 heterocycles. The molecule has 2 aromatic carbocycles. The SMILES string of the molecule is Cc1ccc(-n2cccc(C(=O)Nc3ccc(-c4cn(C5CCNC5)c5ncnc(N)c45)cc3)c2=O)cc1. The summed E-state index contributed by atoms with van der Waals surface area (Å²) in [4.78, 5) is 34.8. The highest BCUT2D eigenvalue weighted by Crippen LogP contribution is 2.35. The predicted octanol–water partition coefficient (Wildman–Crippen LogP) is 3.93. The van der Waals surface area contributed by atoms with Crippen molar-refractivity contribution < 1.29 is 4.79 Å². The Hall–Kier alpha value is -4.76. The number of benzene rings is 2. The lowest BCUT2D eigenvalue weighted by Crippen LogP contribution is -2.27. The molecule has 190 valence electrons. The molecule has 1 unspecified atom stereocenters. The van der Waals surface area contributed by atoms with Crippen LogP contribution in [-0.4, -0.2) is 38.1 Å². The van der Waals surface area contributed by atoms with E-state index < -0.39 is 5.91 Å². The maximum absolute atomic E-state index is 13.1. The standard InChI is InChI=1S/C29H27N7O2/c1-18-4-10-21(11-5-18)35-14-2-3-23(29(35)38)28(37)34-20-8-6-19(7-9-20)24-16-36(22-12-13-31-15-22)27-25(24)26(30)32-17-33-27/h2-11,14,16-17,22,31H,12-13,15H2,1H3,(H,34,37)(H2,30,32,33). The smallest absolute Gasteiger partial charge is 0.267 e. The number of pyridine rings is 1. The van der Waals surface area contributed by atoms with Crippen LogP contribution in [0, 0.1) is 6.92 Å². The highest BCUT2D eigenvalue weighted by Gasteiger charge is 2.23. The summed E-state index contributed by atoms with van der Waals surface area (Å²) in [7, 11) is 0. The number of amides is 1. The highest BCUT2D eigenvalue weighted by molar-refractivity contribution is 6.04. The summed E-state index contributed by atoms with van der Waals surface area (Å²) in [5.41, 5.74) is 11.0. The van der Waals surface area contributed by atoms with Crippen molar-refractivity contribution in [2.45, 2.75) is 19.4 Å². The first-order chi connectivity index (χ1) is 18.5. The maximum Gasteiger partial charge on any atom is 0.267 e. The largest absolute Gasteiger partial charge is 0.383 e. The fraction of sp³-hybridized carbons (Fsp3) is 0.172. The zero-order valence-corrected chi connectivity index (χ0v) is 20.9. The van der Waals surface area contributed by atoms with Gasteiger partial charge in [-0.05, 0) is 61.9 Å². The summed E-state index contributed by atoms with van der Waals surface area (Å²) >= 11 is 0. The van der Waals surface area contributed by atoms with Crippen molar-refractivity contribution in [3.63, 3.8) is 0 Å². The number of aromatic nitrogens is 4. The minimum Gasteiger partial charge on any atom is -0.383 e. The Kier molecular flexibility index (Phi) is 5.97. The first-order valence-corrected chi connectivity index (χ1v) is 12.5. The summed E-state index contributed by atoms with van der Waals surface area (Å²) in [6.07, 6.45) is 6.25. The quantitative estimate of drug-likeness (QED) is 0.333. The first-order valence-electron chi connectivity index (χ1n) is 12.5. The van der Waals surface area contributed by atoms with E-state index in [0.717, 1.165) is 47.2 Å². The molecule has 1 saturated heterocycles. The van der Waals surface area contributed by atoms with Gasteiger partial charge in [0.25, 0.3) is 11.5 Å². The van der Waals surface area contributed by atoms with Gasteiger partial charge in [-0.1, -0.05) is 29.8 Å². The molecule has 1 aliphatic heterocycles. The average molecular weight is 506 g/mol. The molecular weight excluding hydrogens is 478 g/mol. The van der Waals surface area contributed by atoms with Gasteiger partial charge in [0, 0.05) is 41.9 Å². The Bertz CT molecular complexity index is 1700. The fourth-order valence-corrected chi connectivity index (χ4v) is 4.99. The second-order valence-electron chi connectivity index (χ2n) is 9.52. The van der Waals surface area contributed by atoms with Crippen LogP contribution in [-0.2, 0) is 0 Å². The zero-order valence-electron chi connectivity index (χ0n) is 20.9. The normalized spacial score (nSPS) is 15.1. The van der Waals surface area contributed by atoms with E-state index in [-0.39, 0.29) is 11.1 Å². The van der Waals surface area contributed by atoms with Gasteiger partial charge in [-0.25, -0.2) is 9.97 Å². The third kappa shape index (κ3) is 4.22. The van der Waals surface area contributed by atoms with Crippen molar-refractivity contribution in [3.05, 3.63) is 101 Å². The van der Waals surface area contributed by atoms with E-state index in [1.807, 2.05) is 55.5 Å². The molecule has 0 saturated carbocycles. The van der Waals surface area contributed by atoms with Crippen LogP contribution in [0.1, 0.15) is 28.4 Å². The molecule has 1 aliphatic rings. The van der Waals surface area contributed by atoms with Gasteiger partial charge >= 0.3 is 0 Å². The van der Waals surface area contributed by atoms with Gasteiger partial charge in [0.15, 0.2) is 0 Å². The third-order valence-electron chi connectivity index (χ3n) is 7.02. The van der Waals surface area contributed by atoms with Crippen molar-refractivity contribution in [2.24, 2.45) is 0 Å². The van der Waals surface area contributed by atoms with E-state index in [2.05, 4.69) is 31.4 Å². The number of carbonyl (C=O) groups is 1. The van der Waals surface area contributed by atoms with Crippen LogP contribution in [0.3, 0.4) is 0 Å². The number of hydrogen-bond acceptors (Lipinski definition) is 6. The second-order valence-corrected chi connectivity index (χ2v) is 9.52. The highest BCUT2D eigenvalue weighted by atomic mass is 16.2. The van der Waals surface area contributed by atoms with Gasteiger partial charge in [-0.15, -0.1) is 0 Å². The molecule has 5 aromatic rings. The van der Waals surface area contributed by atoms with Gasteiger partial charge < -0.3 is 20.9 Å².